The highest BCUT2D eigenvalue weighted by Crippen LogP contribution is 2.33. The van der Waals surface area contributed by atoms with Crippen LogP contribution in [0.3, 0.4) is 0 Å². The fourth-order valence-electron chi connectivity index (χ4n) is 5.56. The van der Waals surface area contributed by atoms with E-state index in [9.17, 15) is 9.90 Å². The number of aliphatic hydroxyl groups is 1. The monoisotopic (exact) mass is 527 g/mol. The Morgan fingerprint density at radius 3 is 2.38 bits per heavy atom. The van der Waals surface area contributed by atoms with Gasteiger partial charge in [0.1, 0.15) is 24.2 Å². The van der Waals surface area contributed by atoms with Crippen molar-refractivity contribution in [1.82, 2.24) is 9.47 Å². The van der Waals surface area contributed by atoms with E-state index in [0.29, 0.717) is 17.9 Å². The first-order valence-corrected chi connectivity index (χ1v) is 13.5. The molecule has 0 aliphatic carbocycles. The van der Waals surface area contributed by atoms with E-state index < -0.39 is 6.10 Å². The van der Waals surface area contributed by atoms with Gasteiger partial charge in [-0.05, 0) is 63.2 Å². The standard InChI is InChI=1S/C32H37N3O4/c1-22-9-11-25(12-10-22)35-23(2)32(24(3)36)28-19-27(13-14-29(28)35)39-21-26(37)20-33-15-17-34(18-16-33)30-7-5-6-8-31(30)38-4/h5-14,19,26,37H,15-18,20-21H2,1-4H3. The number of methoxy groups -OCH3 is 1. The first-order chi connectivity index (χ1) is 18.9. The van der Waals surface area contributed by atoms with E-state index in [1.165, 1.54) is 5.56 Å². The summed E-state index contributed by atoms with van der Waals surface area (Å²) in [6, 6.07) is 22.2. The molecular weight excluding hydrogens is 490 g/mol. The number of anilines is 1. The third-order valence-electron chi connectivity index (χ3n) is 7.53. The van der Waals surface area contributed by atoms with Crippen molar-refractivity contribution in [1.29, 1.82) is 0 Å². The molecule has 4 aromatic rings. The van der Waals surface area contributed by atoms with Crippen LogP contribution in [0.15, 0.2) is 66.7 Å². The molecule has 3 aromatic carbocycles. The second-order valence-corrected chi connectivity index (χ2v) is 10.3. The summed E-state index contributed by atoms with van der Waals surface area (Å²) in [5.74, 6) is 1.55. The number of carbonyl (C=O) groups excluding carboxylic acids is 1. The maximum Gasteiger partial charge on any atom is 0.162 e. The lowest BCUT2D eigenvalue weighted by Crippen LogP contribution is -2.49. The van der Waals surface area contributed by atoms with Crippen molar-refractivity contribution in [3.63, 3.8) is 0 Å². The SMILES string of the molecule is COc1ccccc1N1CCN(CC(O)COc2ccc3c(c2)c(C(C)=O)c(C)n3-c2ccc(C)cc2)CC1. The summed E-state index contributed by atoms with van der Waals surface area (Å²) in [6.07, 6.45) is -0.621. The van der Waals surface area contributed by atoms with Crippen molar-refractivity contribution >= 4 is 22.4 Å². The highest BCUT2D eigenvalue weighted by atomic mass is 16.5. The number of benzene rings is 3. The van der Waals surface area contributed by atoms with Crippen molar-refractivity contribution in [2.45, 2.75) is 26.9 Å². The average Bonchev–Trinajstić information content (AvgIpc) is 3.24. The fraction of sp³-hybridized carbons (Fsp3) is 0.344. The van der Waals surface area contributed by atoms with Crippen molar-refractivity contribution in [2.75, 3.05) is 51.3 Å². The normalized spacial score (nSPS) is 14.9. The molecular formula is C32H37N3O4. The number of piperazine rings is 1. The van der Waals surface area contributed by atoms with E-state index in [4.69, 9.17) is 9.47 Å². The average molecular weight is 528 g/mol. The number of β-amino-alcohol motifs (C(OH)–C–C–N with tert-alkyl or cyclic N) is 1. The van der Waals surface area contributed by atoms with Crippen LogP contribution in [0, 0.1) is 13.8 Å². The number of hydrogen-bond donors (Lipinski definition) is 1. The fourth-order valence-corrected chi connectivity index (χ4v) is 5.56. The second-order valence-electron chi connectivity index (χ2n) is 10.3. The molecule has 7 heteroatoms. The first kappa shape index (κ1) is 26.8. The molecule has 204 valence electrons. The zero-order valence-corrected chi connectivity index (χ0v) is 23.2. The molecule has 0 spiro atoms. The van der Waals surface area contributed by atoms with Gasteiger partial charge >= 0.3 is 0 Å². The van der Waals surface area contributed by atoms with Crippen LogP contribution in [0.1, 0.15) is 28.5 Å². The van der Waals surface area contributed by atoms with E-state index >= 15 is 0 Å². The number of aromatic nitrogens is 1. The van der Waals surface area contributed by atoms with Gasteiger partial charge in [0, 0.05) is 55.1 Å². The van der Waals surface area contributed by atoms with Crippen LogP contribution in [-0.4, -0.2) is 72.9 Å². The van der Waals surface area contributed by atoms with Gasteiger partial charge in [0.15, 0.2) is 5.78 Å². The largest absolute Gasteiger partial charge is 0.495 e. The Labute approximate surface area is 230 Å². The molecule has 1 aromatic heterocycles. The molecule has 1 aliphatic heterocycles. The molecule has 0 radical (unpaired) electrons. The molecule has 1 fully saturated rings. The van der Waals surface area contributed by atoms with Crippen LogP contribution in [0.25, 0.3) is 16.6 Å². The minimum absolute atomic E-state index is 0.0211. The van der Waals surface area contributed by atoms with Gasteiger partial charge in [0.05, 0.1) is 18.3 Å². The molecule has 1 unspecified atom stereocenters. The van der Waals surface area contributed by atoms with Gasteiger partial charge in [0.25, 0.3) is 0 Å². The first-order valence-electron chi connectivity index (χ1n) is 13.5. The Kier molecular flexibility index (Phi) is 7.91. The van der Waals surface area contributed by atoms with Crippen LogP contribution >= 0.6 is 0 Å². The van der Waals surface area contributed by atoms with Crippen LogP contribution in [0.5, 0.6) is 11.5 Å². The Morgan fingerprint density at radius 1 is 0.974 bits per heavy atom. The predicted octanol–water partition coefficient (Wildman–Crippen LogP) is 5.02. The predicted molar refractivity (Wildman–Crippen MR) is 156 cm³/mol. The summed E-state index contributed by atoms with van der Waals surface area (Å²) < 4.78 is 13.7. The Hall–Kier alpha value is -3.81. The van der Waals surface area contributed by atoms with E-state index in [0.717, 1.165) is 59.9 Å². The summed E-state index contributed by atoms with van der Waals surface area (Å²) in [5.41, 5.74) is 5.88. The van der Waals surface area contributed by atoms with Crippen molar-refractivity contribution in [3.05, 3.63) is 83.6 Å². The number of ether oxygens (including phenoxy) is 2. The van der Waals surface area contributed by atoms with Gasteiger partial charge in [-0.2, -0.15) is 0 Å². The second kappa shape index (κ2) is 11.5. The molecule has 1 atom stereocenters. The number of nitrogens with zero attached hydrogens (tertiary/aromatic N) is 3. The number of Topliss-reactive ketones (excluding diaryl/α,β-unsaturated/α-hetero) is 1. The molecule has 0 amide bonds. The summed E-state index contributed by atoms with van der Waals surface area (Å²) in [4.78, 5) is 17.2. The van der Waals surface area contributed by atoms with Crippen LogP contribution in [-0.2, 0) is 0 Å². The lowest BCUT2D eigenvalue weighted by atomic mass is 10.1. The summed E-state index contributed by atoms with van der Waals surface area (Å²) >= 11 is 0. The number of ketones is 1. The van der Waals surface area contributed by atoms with E-state index in [1.807, 2.05) is 43.3 Å². The van der Waals surface area contributed by atoms with Crippen LogP contribution < -0.4 is 14.4 Å². The van der Waals surface area contributed by atoms with Crippen LogP contribution in [0.2, 0.25) is 0 Å². The van der Waals surface area contributed by atoms with Gasteiger partial charge in [-0.3, -0.25) is 9.69 Å². The highest BCUT2D eigenvalue weighted by molar-refractivity contribution is 6.09. The number of para-hydroxylation sites is 2. The molecule has 2 heterocycles. The Balaban J connectivity index is 1.23. The smallest absolute Gasteiger partial charge is 0.162 e. The lowest BCUT2D eigenvalue weighted by Gasteiger charge is -2.37. The summed E-state index contributed by atoms with van der Waals surface area (Å²) in [6.45, 7) is 9.83. The Bertz CT molecular complexity index is 1450. The summed E-state index contributed by atoms with van der Waals surface area (Å²) in [5, 5.41) is 11.6. The topological polar surface area (TPSA) is 67.2 Å². The number of aliphatic hydroxyl groups excluding tert-OH is 1. The van der Waals surface area contributed by atoms with Crippen molar-refractivity contribution < 1.29 is 19.4 Å². The quantitative estimate of drug-likeness (QED) is 0.308. The van der Waals surface area contributed by atoms with Gasteiger partial charge < -0.3 is 24.0 Å². The molecule has 0 saturated carbocycles. The van der Waals surface area contributed by atoms with E-state index in [1.54, 1.807) is 14.0 Å². The Morgan fingerprint density at radius 2 is 1.69 bits per heavy atom. The maximum atomic E-state index is 12.6. The number of fused-ring (bicyclic) bond motifs is 1. The zero-order chi connectivity index (χ0) is 27.5. The van der Waals surface area contributed by atoms with E-state index in [2.05, 4.69) is 51.6 Å². The zero-order valence-electron chi connectivity index (χ0n) is 23.2. The van der Waals surface area contributed by atoms with Gasteiger partial charge in [-0.25, -0.2) is 0 Å². The molecule has 1 aliphatic rings. The number of aryl methyl sites for hydroxylation is 1. The number of rotatable bonds is 9. The molecule has 1 saturated heterocycles. The minimum atomic E-state index is -0.621. The highest BCUT2D eigenvalue weighted by Gasteiger charge is 2.22. The molecule has 7 nitrogen and oxygen atoms in total. The molecule has 39 heavy (non-hydrogen) atoms. The maximum absolute atomic E-state index is 12.6. The molecule has 5 rings (SSSR count). The molecule has 0 bridgehead atoms. The third-order valence-corrected chi connectivity index (χ3v) is 7.53. The third kappa shape index (κ3) is 5.65. The summed E-state index contributed by atoms with van der Waals surface area (Å²) in [7, 11) is 1.70. The van der Waals surface area contributed by atoms with Crippen LogP contribution in [0.4, 0.5) is 5.69 Å². The minimum Gasteiger partial charge on any atom is -0.495 e. The number of carbonyl (C=O) groups is 1. The lowest BCUT2D eigenvalue weighted by molar-refractivity contribution is 0.0663. The van der Waals surface area contributed by atoms with Gasteiger partial charge in [-0.15, -0.1) is 0 Å². The van der Waals surface area contributed by atoms with Gasteiger partial charge in [-0.1, -0.05) is 29.8 Å². The van der Waals surface area contributed by atoms with E-state index in [-0.39, 0.29) is 12.4 Å². The van der Waals surface area contributed by atoms with Crippen molar-refractivity contribution in [3.8, 4) is 17.2 Å². The molecule has 1 N–H and O–H groups in total. The van der Waals surface area contributed by atoms with Crippen molar-refractivity contribution in [2.24, 2.45) is 0 Å². The number of hydrogen-bond acceptors (Lipinski definition) is 6. The van der Waals surface area contributed by atoms with Gasteiger partial charge in [0.2, 0.25) is 0 Å².